The summed E-state index contributed by atoms with van der Waals surface area (Å²) in [7, 11) is 0. The maximum atomic E-state index is 11.5. The van der Waals surface area contributed by atoms with Crippen molar-refractivity contribution < 1.29 is 14.0 Å². The molecule has 0 aliphatic heterocycles. The summed E-state index contributed by atoms with van der Waals surface area (Å²) in [6.07, 6.45) is 5.90. The van der Waals surface area contributed by atoms with Crippen LogP contribution in [0.1, 0.15) is 5.76 Å². The Morgan fingerprint density at radius 2 is 2.15 bits per heavy atom. The SMILES string of the molecule is O=C(/C=C/c1ccco1)NCC(=O)Nc1ccccn1. The lowest BCUT2D eigenvalue weighted by Gasteiger charge is -2.04. The first-order valence-corrected chi connectivity index (χ1v) is 5.94. The Balaban J connectivity index is 1.74. The second-order valence-electron chi connectivity index (χ2n) is 3.83. The van der Waals surface area contributed by atoms with Gasteiger partial charge in [-0.2, -0.15) is 0 Å². The zero-order valence-electron chi connectivity index (χ0n) is 10.6. The van der Waals surface area contributed by atoms with Gasteiger partial charge in [0, 0.05) is 12.3 Å². The van der Waals surface area contributed by atoms with Crippen molar-refractivity contribution in [3.05, 3.63) is 54.6 Å². The molecule has 0 saturated carbocycles. The molecule has 102 valence electrons. The highest BCUT2D eigenvalue weighted by Crippen LogP contribution is 2.01. The lowest BCUT2D eigenvalue weighted by molar-refractivity contribution is -0.121. The summed E-state index contributed by atoms with van der Waals surface area (Å²) in [6, 6.07) is 8.61. The highest BCUT2D eigenvalue weighted by molar-refractivity contribution is 5.97. The third kappa shape index (κ3) is 4.41. The maximum Gasteiger partial charge on any atom is 0.244 e. The van der Waals surface area contributed by atoms with Crippen LogP contribution in [0.4, 0.5) is 5.82 Å². The van der Waals surface area contributed by atoms with Gasteiger partial charge in [0.1, 0.15) is 11.6 Å². The van der Waals surface area contributed by atoms with Crippen molar-refractivity contribution in [2.75, 3.05) is 11.9 Å². The number of carbonyl (C=O) groups is 2. The summed E-state index contributed by atoms with van der Waals surface area (Å²) in [5.41, 5.74) is 0. The molecule has 2 aromatic rings. The number of rotatable bonds is 5. The van der Waals surface area contributed by atoms with Gasteiger partial charge in [-0.15, -0.1) is 0 Å². The van der Waals surface area contributed by atoms with E-state index in [1.165, 1.54) is 18.4 Å². The summed E-state index contributed by atoms with van der Waals surface area (Å²) in [5, 5.41) is 5.02. The van der Waals surface area contributed by atoms with Gasteiger partial charge in [-0.3, -0.25) is 9.59 Å². The standard InChI is InChI=1S/C14H13N3O3/c18-13(7-6-11-4-3-9-20-11)16-10-14(19)17-12-5-1-2-8-15-12/h1-9H,10H2,(H,16,18)(H,15,17,19)/b7-6+. The molecule has 0 aliphatic rings. The maximum absolute atomic E-state index is 11.5. The number of nitrogens with zero attached hydrogens (tertiary/aromatic N) is 1. The normalized spacial score (nSPS) is 10.4. The van der Waals surface area contributed by atoms with Crippen molar-refractivity contribution in [2.24, 2.45) is 0 Å². The van der Waals surface area contributed by atoms with Crippen molar-refractivity contribution in [2.45, 2.75) is 0 Å². The van der Waals surface area contributed by atoms with E-state index in [0.29, 0.717) is 11.6 Å². The third-order valence-electron chi connectivity index (χ3n) is 2.30. The molecule has 0 atom stereocenters. The Hall–Kier alpha value is -2.89. The summed E-state index contributed by atoms with van der Waals surface area (Å²) >= 11 is 0. The van der Waals surface area contributed by atoms with Gasteiger partial charge in [0.15, 0.2) is 0 Å². The molecule has 2 N–H and O–H groups in total. The van der Waals surface area contributed by atoms with E-state index in [9.17, 15) is 9.59 Å². The zero-order valence-corrected chi connectivity index (χ0v) is 10.6. The van der Waals surface area contributed by atoms with Crippen molar-refractivity contribution in [1.82, 2.24) is 10.3 Å². The van der Waals surface area contributed by atoms with Crippen LogP contribution in [0, 0.1) is 0 Å². The molecule has 0 radical (unpaired) electrons. The Labute approximate surface area is 115 Å². The molecule has 0 bridgehead atoms. The summed E-state index contributed by atoms with van der Waals surface area (Å²) in [5.74, 6) is 0.289. The average Bonchev–Trinajstić information content (AvgIpc) is 2.97. The monoisotopic (exact) mass is 271 g/mol. The van der Waals surface area contributed by atoms with Crippen molar-refractivity contribution >= 4 is 23.7 Å². The van der Waals surface area contributed by atoms with E-state index in [1.807, 2.05) is 0 Å². The number of anilines is 1. The molecule has 2 heterocycles. The molecule has 0 fully saturated rings. The molecule has 0 saturated heterocycles. The first-order valence-electron chi connectivity index (χ1n) is 5.94. The lowest BCUT2D eigenvalue weighted by Crippen LogP contribution is -2.31. The third-order valence-corrected chi connectivity index (χ3v) is 2.30. The van der Waals surface area contributed by atoms with Crippen LogP contribution in [0.5, 0.6) is 0 Å². The Kier molecular flexibility index (Phi) is 4.66. The van der Waals surface area contributed by atoms with Gasteiger partial charge < -0.3 is 15.1 Å². The highest BCUT2D eigenvalue weighted by Gasteiger charge is 2.04. The predicted molar refractivity (Wildman–Crippen MR) is 73.6 cm³/mol. The van der Waals surface area contributed by atoms with Crippen LogP contribution in [0.3, 0.4) is 0 Å². The predicted octanol–water partition coefficient (Wildman–Crippen LogP) is 1.44. The Morgan fingerprint density at radius 3 is 2.85 bits per heavy atom. The number of pyridine rings is 1. The summed E-state index contributed by atoms with van der Waals surface area (Å²) in [4.78, 5) is 26.9. The number of nitrogens with one attached hydrogen (secondary N) is 2. The number of carbonyl (C=O) groups excluding carboxylic acids is 2. The van der Waals surface area contributed by atoms with Gasteiger partial charge in [0.2, 0.25) is 11.8 Å². The fourth-order valence-electron chi connectivity index (χ4n) is 1.39. The molecule has 2 amide bonds. The zero-order chi connectivity index (χ0) is 14.2. The van der Waals surface area contributed by atoms with Crippen LogP contribution in [0.15, 0.2) is 53.3 Å². The van der Waals surface area contributed by atoms with Gasteiger partial charge in [-0.1, -0.05) is 6.07 Å². The second-order valence-corrected chi connectivity index (χ2v) is 3.83. The minimum atomic E-state index is -0.377. The number of furan rings is 1. The van der Waals surface area contributed by atoms with Crippen LogP contribution >= 0.6 is 0 Å². The molecule has 0 aliphatic carbocycles. The van der Waals surface area contributed by atoms with Gasteiger partial charge in [-0.05, 0) is 30.3 Å². The first-order chi connectivity index (χ1) is 9.74. The smallest absolute Gasteiger partial charge is 0.244 e. The minimum Gasteiger partial charge on any atom is -0.465 e. The molecule has 6 heteroatoms. The Morgan fingerprint density at radius 1 is 1.25 bits per heavy atom. The molecule has 0 aromatic carbocycles. The highest BCUT2D eigenvalue weighted by atomic mass is 16.3. The number of hydrogen-bond acceptors (Lipinski definition) is 4. The lowest BCUT2D eigenvalue weighted by atomic mass is 10.4. The summed E-state index contributed by atoms with van der Waals surface area (Å²) in [6.45, 7) is -0.127. The molecule has 0 spiro atoms. The molecule has 6 nitrogen and oxygen atoms in total. The van der Waals surface area contributed by atoms with Gasteiger partial charge >= 0.3 is 0 Å². The fraction of sp³-hybridized carbons (Fsp3) is 0.0714. The van der Waals surface area contributed by atoms with Crippen LogP contribution in [0.2, 0.25) is 0 Å². The number of aromatic nitrogens is 1. The van der Waals surface area contributed by atoms with E-state index in [0.717, 1.165) is 0 Å². The molecule has 20 heavy (non-hydrogen) atoms. The van der Waals surface area contributed by atoms with Gasteiger partial charge in [0.25, 0.3) is 0 Å². The molecular formula is C14H13N3O3. The minimum absolute atomic E-state index is 0.127. The van der Waals surface area contributed by atoms with E-state index in [-0.39, 0.29) is 18.4 Å². The molecule has 2 aromatic heterocycles. The fourth-order valence-corrected chi connectivity index (χ4v) is 1.39. The van der Waals surface area contributed by atoms with Crippen molar-refractivity contribution in [1.29, 1.82) is 0 Å². The number of amides is 2. The Bertz CT molecular complexity index is 591. The van der Waals surface area contributed by atoms with Crippen LogP contribution < -0.4 is 10.6 Å². The van der Waals surface area contributed by atoms with Crippen LogP contribution in [-0.2, 0) is 9.59 Å². The van der Waals surface area contributed by atoms with E-state index >= 15 is 0 Å². The largest absolute Gasteiger partial charge is 0.465 e. The van der Waals surface area contributed by atoms with E-state index < -0.39 is 0 Å². The second kappa shape index (κ2) is 6.89. The molecule has 2 rings (SSSR count). The summed E-state index contributed by atoms with van der Waals surface area (Å²) < 4.78 is 5.03. The quantitative estimate of drug-likeness (QED) is 0.806. The first kappa shape index (κ1) is 13.5. The molecule has 0 unspecified atom stereocenters. The molecular weight excluding hydrogens is 258 g/mol. The number of hydrogen-bond donors (Lipinski definition) is 2. The van der Waals surface area contributed by atoms with Gasteiger partial charge in [0.05, 0.1) is 12.8 Å². The van der Waals surface area contributed by atoms with Crippen LogP contribution in [-0.4, -0.2) is 23.3 Å². The topological polar surface area (TPSA) is 84.2 Å². The average molecular weight is 271 g/mol. The van der Waals surface area contributed by atoms with E-state index in [2.05, 4.69) is 15.6 Å². The van der Waals surface area contributed by atoms with Crippen LogP contribution in [0.25, 0.3) is 6.08 Å². The van der Waals surface area contributed by atoms with Crippen molar-refractivity contribution in [3.63, 3.8) is 0 Å². The van der Waals surface area contributed by atoms with Gasteiger partial charge in [-0.25, -0.2) is 4.98 Å². The van der Waals surface area contributed by atoms with Crippen molar-refractivity contribution in [3.8, 4) is 0 Å². The van der Waals surface area contributed by atoms with E-state index in [4.69, 9.17) is 4.42 Å². The van der Waals surface area contributed by atoms with E-state index in [1.54, 1.807) is 36.5 Å².